The molecule has 1 atom stereocenters. The van der Waals surface area contributed by atoms with Crippen LogP contribution in [0.2, 0.25) is 0 Å². The molecule has 1 unspecified atom stereocenters. The lowest BCUT2D eigenvalue weighted by molar-refractivity contribution is -0.00693. The summed E-state index contributed by atoms with van der Waals surface area (Å²) >= 11 is 0. The van der Waals surface area contributed by atoms with Crippen LogP contribution in [0.1, 0.15) is 45.1 Å². The van der Waals surface area contributed by atoms with Gasteiger partial charge in [0, 0.05) is 6.42 Å². The van der Waals surface area contributed by atoms with E-state index < -0.39 is 11.8 Å². The molecular weight excluding hydrogens is 254 g/mol. The fourth-order valence-corrected chi connectivity index (χ4v) is 1.77. The third-order valence-corrected chi connectivity index (χ3v) is 3.00. The van der Waals surface area contributed by atoms with Gasteiger partial charge in [0.1, 0.15) is 12.7 Å². The molecule has 0 radical (unpaired) electrons. The fourth-order valence-electron chi connectivity index (χ4n) is 1.77. The molecule has 108 valence electrons. The number of ether oxygens (including phenoxy) is 2. The highest BCUT2D eigenvalue weighted by Crippen LogP contribution is 2.19. The zero-order valence-corrected chi connectivity index (χ0v) is 12.1. The predicted octanol–water partition coefficient (Wildman–Crippen LogP) is 4.20. The van der Waals surface area contributed by atoms with Crippen molar-refractivity contribution in [1.29, 1.82) is 5.26 Å². The van der Waals surface area contributed by atoms with Crippen LogP contribution in [0.3, 0.4) is 0 Å². The van der Waals surface area contributed by atoms with Gasteiger partial charge in [-0.15, -0.1) is 0 Å². The molecule has 1 aromatic carbocycles. The molecule has 1 aromatic rings. The Kier molecular flexibility index (Phi) is 6.58. The highest BCUT2D eigenvalue weighted by atomic mass is 16.7. The van der Waals surface area contributed by atoms with Gasteiger partial charge in [-0.1, -0.05) is 50.1 Å². The van der Waals surface area contributed by atoms with Crippen LogP contribution in [-0.2, 0) is 16.1 Å². The zero-order chi connectivity index (χ0) is 14.8. The maximum atomic E-state index is 11.6. The monoisotopic (exact) mass is 275 g/mol. The highest BCUT2D eigenvalue weighted by Gasteiger charge is 2.28. The van der Waals surface area contributed by atoms with Gasteiger partial charge in [0.15, 0.2) is 5.60 Å². The molecule has 0 amide bonds. The van der Waals surface area contributed by atoms with E-state index in [1.54, 1.807) is 6.92 Å². The standard InChI is InChI=1S/C16H21NO3/c1-3-4-8-11-16(2,13-17)20-15(18)19-12-14-9-6-5-7-10-14/h5-7,9-10H,3-4,8,11-12H2,1-2H3. The van der Waals surface area contributed by atoms with E-state index in [2.05, 4.69) is 6.92 Å². The summed E-state index contributed by atoms with van der Waals surface area (Å²) in [6.07, 6.45) is 2.65. The van der Waals surface area contributed by atoms with E-state index in [9.17, 15) is 4.79 Å². The van der Waals surface area contributed by atoms with Gasteiger partial charge in [-0.25, -0.2) is 4.79 Å². The van der Waals surface area contributed by atoms with Crippen LogP contribution in [0, 0.1) is 11.3 Å². The number of carbonyl (C=O) groups is 1. The maximum absolute atomic E-state index is 11.6. The van der Waals surface area contributed by atoms with Crippen LogP contribution in [-0.4, -0.2) is 11.8 Å². The van der Waals surface area contributed by atoms with Gasteiger partial charge in [0.25, 0.3) is 0 Å². The SMILES string of the molecule is CCCCCC(C)(C#N)OC(=O)OCc1ccccc1. The van der Waals surface area contributed by atoms with Crippen molar-refractivity contribution in [3.8, 4) is 6.07 Å². The van der Waals surface area contributed by atoms with Crippen molar-refractivity contribution in [2.45, 2.75) is 51.7 Å². The minimum absolute atomic E-state index is 0.149. The molecule has 0 spiro atoms. The van der Waals surface area contributed by atoms with E-state index in [1.165, 1.54) is 0 Å². The molecular formula is C16H21NO3. The van der Waals surface area contributed by atoms with Crippen molar-refractivity contribution in [2.24, 2.45) is 0 Å². The quantitative estimate of drug-likeness (QED) is 0.552. The lowest BCUT2D eigenvalue weighted by Gasteiger charge is -2.21. The molecule has 4 nitrogen and oxygen atoms in total. The van der Waals surface area contributed by atoms with E-state index in [1.807, 2.05) is 36.4 Å². The Morgan fingerprint density at radius 3 is 2.60 bits per heavy atom. The molecule has 0 N–H and O–H groups in total. The highest BCUT2D eigenvalue weighted by molar-refractivity contribution is 5.61. The van der Waals surface area contributed by atoms with E-state index in [0.717, 1.165) is 24.8 Å². The Balaban J connectivity index is 2.41. The van der Waals surface area contributed by atoms with Crippen molar-refractivity contribution in [1.82, 2.24) is 0 Å². The predicted molar refractivity (Wildman–Crippen MR) is 75.9 cm³/mol. The Bertz CT molecular complexity index is 453. The third-order valence-electron chi connectivity index (χ3n) is 3.00. The smallest absolute Gasteiger partial charge is 0.429 e. The first-order valence-electron chi connectivity index (χ1n) is 6.90. The van der Waals surface area contributed by atoms with Crippen molar-refractivity contribution in [2.75, 3.05) is 0 Å². The Hall–Kier alpha value is -2.02. The molecule has 0 aliphatic rings. The molecule has 0 aliphatic heterocycles. The van der Waals surface area contributed by atoms with E-state index in [0.29, 0.717) is 6.42 Å². The Morgan fingerprint density at radius 2 is 2.00 bits per heavy atom. The molecule has 0 aliphatic carbocycles. The minimum atomic E-state index is -1.11. The first-order chi connectivity index (χ1) is 9.59. The van der Waals surface area contributed by atoms with Crippen LogP contribution in [0.15, 0.2) is 30.3 Å². The topological polar surface area (TPSA) is 59.3 Å². The maximum Gasteiger partial charge on any atom is 0.510 e. The third kappa shape index (κ3) is 5.75. The van der Waals surface area contributed by atoms with Crippen LogP contribution in [0.25, 0.3) is 0 Å². The summed E-state index contributed by atoms with van der Waals surface area (Å²) in [6, 6.07) is 11.4. The van der Waals surface area contributed by atoms with Crippen LogP contribution >= 0.6 is 0 Å². The number of rotatable bonds is 7. The molecule has 0 bridgehead atoms. The molecule has 0 saturated heterocycles. The lowest BCUT2D eigenvalue weighted by Crippen LogP contribution is -2.30. The number of hydrogen-bond acceptors (Lipinski definition) is 4. The van der Waals surface area contributed by atoms with Gasteiger partial charge < -0.3 is 9.47 Å². The number of carbonyl (C=O) groups excluding carboxylic acids is 1. The second-order valence-electron chi connectivity index (χ2n) is 4.93. The summed E-state index contributed by atoms with van der Waals surface area (Å²) < 4.78 is 10.2. The molecule has 0 aromatic heterocycles. The van der Waals surface area contributed by atoms with Crippen LogP contribution in [0.4, 0.5) is 4.79 Å². The summed E-state index contributed by atoms with van der Waals surface area (Å²) in [6.45, 7) is 3.85. The van der Waals surface area contributed by atoms with Gasteiger partial charge >= 0.3 is 6.16 Å². The van der Waals surface area contributed by atoms with Crippen LogP contribution in [0.5, 0.6) is 0 Å². The zero-order valence-electron chi connectivity index (χ0n) is 12.1. The summed E-state index contributed by atoms with van der Waals surface area (Å²) in [5.74, 6) is 0. The van der Waals surface area contributed by atoms with Gasteiger partial charge in [-0.05, 0) is 18.9 Å². The largest absolute Gasteiger partial charge is 0.510 e. The summed E-state index contributed by atoms with van der Waals surface area (Å²) in [7, 11) is 0. The normalized spacial score (nSPS) is 13.1. The lowest BCUT2D eigenvalue weighted by atomic mass is 10.00. The van der Waals surface area contributed by atoms with Crippen molar-refractivity contribution in [3.63, 3.8) is 0 Å². The first kappa shape index (κ1) is 16.0. The number of hydrogen-bond donors (Lipinski definition) is 0. The van der Waals surface area contributed by atoms with E-state index in [-0.39, 0.29) is 6.61 Å². The first-order valence-corrected chi connectivity index (χ1v) is 6.90. The van der Waals surface area contributed by atoms with E-state index in [4.69, 9.17) is 14.7 Å². The summed E-state index contributed by atoms with van der Waals surface area (Å²) in [4.78, 5) is 11.6. The number of nitriles is 1. The molecule has 0 fully saturated rings. The van der Waals surface area contributed by atoms with Crippen molar-refractivity contribution >= 4 is 6.16 Å². The van der Waals surface area contributed by atoms with Crippen molar-refractivity contribution < 1.29 is 14.3 Å². The number of nitrogens with zero attached hydrogens (tertiary/aromatic N) is 1. The van der Waals surface area contributed by atoms with E-state index >= 15 is 0 Å². The average Bonchev–Trinajstić information content (AvgIpc) is 2.46. The fraction of sp³-hybridized carbons (Fsp3) is 0.500. The minimum Gasteiger partial charge on any atom is -0.429 e. The number of benzene rings is 1. The van der Waals surface area contributed by atoms with Crippen molar-refractivity contribution in [3.05, 3.63) is 35.9 Å². The number of unbranched alkanes of at least 4 members (excludes halogenated alkanes) is 2. The van der Waals surface area contributed by atoms with Crippen LogP contribution < -0.4 is 0 Å². The van der Waals surface area contributed by atoms with Gasteiger partial charge in [-0.3, -0.25) is 0 Å². The molecule has 0 saturated carbocycles. The van der Waals surface area contributed by atoms with Gasteiger partial charge in [-0.2, -0.15) is 5.26 Å². The van der Waals surface area contributed by atoms with Gasteiger partial charge in [0.05, 0.1) is 0 Å². The molecule has 1 rings (SSSR count). The molecule has 4 heteroatoms. The average molecular weight is 275 g/mol. The Morgan fingerprint density at radius 1 is 1.30 bits per heavy atom. The molecule has 20 heavy (non-hydrogen) atoms. The second-order valence-corrected chi connectivity index (χ2v) is 4.93. The summed E-state index contributed by atoms with van der Waals surface area (Å²) in [5, 5.41) is 9.14. The van der Waals surface area contributed by atoms with Gasteiger partial charge in [0.2, 0.25) is 0 Å². The Labute approximate surface area is 120 Å². The molecule has 0 heterocycles. The second kappa shape index (κ2) is 8.21. The summed E-state index contributed by atoms with van der Waals surface area (Å²) in [5.41, 5.74) is -0.225.